The Bertz CT molecular complexity index is 377. The van der Waals surface area contributed by atoms with Gasteiger partial charge in [0.05, 0.1) is 0 Å². The third-order valence-electron chi connectivity index (χ3n) is 4.68. The average Bonchev–Trinajstić information content (AvgIpc) is 2.57. The van der Waals surface area contributed by atoms with Gasteiger partial charge < -0.3 is 16.8 Å². The van der Waals surface area contributed by atoms with E-state index < -0.39 is 0 Å². The highest BCUT2D eigenvalue weighted by atomic mass is 16.1. The molecule has 0 saturated carbocycles. The van der Waals surface area contributed by atoms with Crippen molar-refractivity contribution in [3.8, 4) is 0 Å². The number of guanidine groups is 1. The number of rotatable bonds is 13. The van der Waals surface area contributed by atoms with Crippen LogP contribution in [0.1, 0.15) is 99.8 Å². The summed E-state index contributed by atoms with van der Waals surface area (Å²) >= 11 is 0. The van der Waals surface area contributed by atoms with E-state index in [1.165, 1.54) is 25.7 Å². The molecular formula is C22H48N4O. The Morgan fingerprint density at radius 1 is 1.00 bits per heavy atom. The lowest BCUT2D eigenvalue weighted by Crippen LogP contribution is -2.40. The zero-order valence-corrected chi connectivity index (χ0v) is 19.2. The third kappa shape index (κ3) is 19.3. The quantitative estimate of drug-likeness (QED) is 0.241. The van der Waals surface area contributed by atoms with Crippen molar-refractivity contribution in [1.82, 2.24) is 5.32 Å². The Hall–Kier alpha value is -1.26. The predicted molar refractivity (Wildman–Crippen MR) is 120 cm³/mol. The highest BCUT2D eigenvalue weighted by Crippen LogP contribution is 2.22. The minimum absolute atomic E-state index is 0.193. The zero-order chi connectivity index (χ0) is 21.2. The van der Waals surface area contributed by atoms with Gasteiger partial charge in [0.2, 0.25) is 5.91 Å². The standard InChI is InChI=1S/C17H35NO.C5H13N3/c1-7-9-10-15(8-2)12-16(14(5)6)18-17(19)11-13(3)4;1-2-3-4-8-5(6)7/h13-16H,7-12H2,1-6H3,(H,18,19);2-4H2,1H3,(H4,6,7,8)/t15?,16-;/m0./s1. The van der Waals surface area contributed by atoms with Gasteiger partial charge in [0.25, 0.3) is 0 Å². The van der Waals surface area contributed by atoms with Crippen LogP contribution < -0.4 is 16.8 Å². The predicted octanol–water partition coefficient (Wildman–Crippen LogP) is 4.84. The molecule has 0 aromatic carbocycles. The van der Waals surface area contributed by atoms with Crippen LogP contribution in [0.4, 0.5) is 0 Å². The lowest BCUT2D eigenvalue weighted by atomic mass is 9.87. The van der Waals surface area contributed by atoms with E-state index in [0.29, 0.717) is 24.3 Å². The van der Waals surface area contributed by atoms with Gasteiger partial charge in [0, 0.05) is 19.0 Å². The van der Waals surface area contributed by atoms with Crippen LogP contribution in [-0.4, -0.2) is 24.5 Å². The van der Waals surface area contributed by atoms with E-state index in [-0.39, 0.29) is 11.9 Å². The van der Waals surface area contributed by atoms with Gasteiger partial charge >= 0.3 is 0 Å². The van der Waals surface area contributed by atoms with Crippen LogP contribution in [0.3, 0.4) is 0 Å². The fourth-order valence-electron chi connectivity index (χ4n) is 2.84. The minimum atomic E-state index is 0.193. The molecule has 0 radical (unpaired) electrons. The molecule has 0 bridgehead atoms. The molecule has 1 unspecified atom stereocenters. The fraction of sp³-hybridized carbons (Fsp3) is 0.909. The number of nitrogens with zero attached hydrogens (tertiary/aromatic N) is 1. The molecule has 0 aromatic rings. The first-order valence-electron chi connectivity index (χ1n) is 11.0. The number of hydrogen-bond acceptors (Lipinski definition) is 2. The number of amides is 1. The summed E-state index contributed by atoms with van der Waals surface area (Å²) in [4.78, 5) is 15.7. The SMILES string of the molecule is CCCCC(CC)C[C@H](NC(=O)CC(C)C)C(C)C.CCCCN=C(N)N. The summed E-state index contributed by atoms with van der Waals surface area (Å²) in [6, 6.07) is 0.341. The molecule has 0 fully saturated rings. The lowest BCUT2D eigenvalue weighted by Gasteiger charge is -2.27. The molecule has 0 spiro atoms. The first-order valence-corrected chi connectivity index (χ1v) is 11.0. The van der Waals surface area contributed by atoms with Gasteiger partial charge in [-0.05, 0) is 30.6 Å². The molecule has 5 heteroatoms. The number of carbonyl (C=O) groups is 1. The molecule has 0 rings (SSSR count). The lowest BCUT2D eigenvalue weighted by molar-refractivity contribution is -0.122. The second-order valence-electron chi connectivity index (χ2n) is 8.33. The molecular weight excluding hydrogens is 336 g/mol. The van der Waals surface area contributed by atoms with Gasteiger partial charge in [-0.3, -0.25) is 9.79 Å². The number of unbranched alkanes of at least 4 members (excludes halogenated alkanes) is 2. The van der Waals surface area contributed by atoms with Crippen LogP contribution in [0, 0.1) is 17.8 Å². The number of aliphatic imine (C=N–C) groups is 1. The van der Waals surface area contributed by atoms with Crippen molar-refractivity contribution in [3.63, 3.8) is 0 Å². The summed E-state index contributed by atoms with van der Waals surface area (Å²) in [5.74, 6) is 2.13. The Labute approximate surface area is 169 Å². The average molecular weight is 385 g/mol. The maximum atomic E-state index is 11.9. The summed E-state index contributed by atoms with van der Waals surface area (Å²) in [5.41, 5.74) is 10.1. The van der Waals surface area contributed by atoms with Crippen molar-refractivity contribution < 1.29 is 4.79 Å². The summed E-state index contributed by atoms with van der Waals surface area (Å²) in [6.07, 6.45) is 9.09. The van der Waals surface area contributed by atoms with Gasteiger partial charge in [0.15, 0.2) is 5.96 Å². The summed E-state index contributed by atoms with van der Waals surface area (Å²) in [6.45, 7) is 16.0. The summed E-state index contributed by atoms with van der Waals surface area (Å²) < 4.78 is 0. The molecule has 0 saturated heterocycles. The Balaban J connectivity index is 0. The molecule has 0 heterocycles. The molecule has 1 amide bonds. The van der Waals surface area contributed by atoms with Gasteiger partial charge in [-0.25, -0.2) is 0 Å². The van der Waals surface area contributed by atoms with Crippen molar-refractivity contribution in [3.05, 3.63) is 0 Å². The maximum Gasteiger partial charge on any atom is 0.220 e. The van der Waals surface area contributed by atoms with Crippen molar-refractivity contribution in [1.29, 1.82) is 0 Å². The molecule has 0 aliphatic rings. The monoisotopic (exact) mass is 384 g/mol. The van der Waals surface area contributed by atoms with E-state index in [1.807, 2.05) is 0 Å². The largest absolute Gasteiger partial charge is 0.370 e. The maximum absolute atomic E-state index is 11.9. The topological polar surface area (TPSA) is 93.5 Å². The minimum Gasteiger partial charge on any atom is -0.370 e. The van der Waals surface area contributed by atoms with Crippen LogP contribution >= 0.6 is 0 Å². The van der Waals surface area contributed by atoms with Crippen LogP contribution in [-0.2, 0) is 4.79 Å². The number of nitrogens with two attached hydrogens (primary N) is 2. The first kappa shape index (κ1) is 28.0. The molecule has 27 heavy (non-hydrogen) atoms. The molecule has 162 valence electrons. The second kappa shape index (κ2) is 18.1. The molecule has 0 aliphatic heterocycles. The smallest absolute Gasteiger partial charge is 0.220 e. The van der Waals surface area contributed by atoms with E-state index in [2.05, 4.69) is 58.8 Å². The van der Waals surface area contributed by atoms with Crippen molar-refractivity contribution in [2.45, 2.75) is 106 Å². The van der Waals surface area contributed by atoms with E-state index >= 15 is 0 Å². The van der Waals surface area contributed by atoms with Gasteiger partial charge in [-0.2, -0.15) is 0 Å². The van der Waals surface area contributed by atoms with Gasteiger partial charge in [-0.1, -0.05) is 80.6 Å². The van der Waals surface area contributed by atoms with Gasteiger partial charge in [-0.15, -0.1) is 0 Å². The van der Waals surface area contributed by atoms with Gasteiger partial charge in [0.1, 0.15) is 0 Å². The zero-order valence-electron chi connectivity index (χ0n) is 19.2. The third-order valence-corrected chi connectivity index (χ3v) is 4.68. The highest BCUT2D eigenvalue weighted by molar-refractivity contribution is 5.76. The Morgan fingerprint density at radius 3 is 2.00 bits per heavy atom. The highest BCUT2D eigenvalue weighted by Gasteiger charge is 2.20. The fourth-order valence-corrected chi connectivity index (χ4v) is 2.84. The molecule has 5 N–H and O–H groups in total. The number of carbonyl (C=O) groups excluding carboxylic acids is 1. The van der Waals surface area contributed by atoms with Crippen LogP contribution in [0.25, 0.3) is 0 Å². The van der Waals surface area contributed by atoms with E-state index in [4.69, 9.17) is 11.5 Å². The van der Waals surface area contributed by atoms with Crippen LogP contribution in [0.15, 0.2) is 4.99 Å². The van der Waals surface area contributed by atoms with Crippen molar-refractivity contribution in [2.24, 2.45) is 34.2 Å². The number of nitrogens with one attached hydrogen (secondary N) is 1. The number of hydrogen-bond donors (Lipinski definition) is 3. The summed E-state index contributed by atoms with van der Waals surface area (Å²) in [7, 11) is 0. The first-order chi connectivity index (χ1) is 12.7. The van der Waals surface area contributed by atoms with E-state index in [1.54, 1.807) is 0 Å². The molecule has 0 aromatic heterocycles. The van der Waals surface area contributed by atoms with Crippen LogP contribution in [0.5, 0.6) is 0 Å². The molecule has 0 aliphatic carbocycles. The van der Waals surface area contributed by atoms with E-state index in [9.17, 15) is 4.79 Å². The van der Waals surface area contributed by atoms with Crippen molar-refractivity contribution >= 4 is 11.9 Å². The Morgan fingerprint density at radius 2 is 1.59 bits per heavy atom. The molecule has 2 atom stereocenters. The van der Waals surface area contributed by atoms with E-state index in [0.717, 1.165) is 31.7 Å². The molecule has 5 nitrogen and oxygen atoms in total. The normalized spacial score (nSPS) is 12.9. The second-order valence-corrected chi connectivity index (χ2v) is 8.33. The Kier molecular flexibility index (Phi) is 18.8. The van der Waals surface area contributed by atoms with Crippen LogP contribution in [0.2, 0.25) is 0 Å². The summed E-state index contributed by atoms with van der Waals surface area (Å²) in [5, 5.41) is 3.25. The van der Waals surface area contributed by atoms with Crippen molar-refractivity contribution in [2.75, 3.05) is 6.54 Å².